The highest BCUT2D eigenvalue weighted by atomic mass is 15.2. The van der Waals surface area contributed by atoms with Gasteiger partial charge < -0.3 is 9.80 Å². The first-order valence-corrected chi connectivity index (χ1v) is 32.5. The summed E-state index contributed by atoms with van der Waals surface area (Å²) in [6, 6.07) is 127. The monoisotopic (exact) mass is 1180 g/mol. The van der Waals surface area contributed by atoms with Crippen molar-refractivity contribution in [1.82, 2.24) is 0 Å². The predicted molar refractivity (Wildman–Crippen MR) is 398 cm³/mol. The van der Waals surface area contributed by atoms with Crippen molar-refractivity contribution in [2.45, 2.75) is 26.2 Å². The Morgan fingerprint density at radius 1 is 0.247 bits per heavy atom. The molecule has 0 amide bonds. The fraction of sp³-hybridized carbons (Fsp3) is 0.0444. The topological polar surface area (TPSA) is 6.48 Å². The molecule has 0 saturated carbocycles. The second-order valence-corrected chi connectivity index (χ2v) is 25.9. The molecule has 0 saturated heterocycles. The summed E-state index contributed by atoms with van der Waals surface area (Å²) in [5.41, 5.74) is 30.1. The Morgan fingerprint density at radius 3 is 1.01 bits per heavy atom. The standard InChI is InChI=1S/C90H65BN2/c1-90(2,3)73-58-84-87-85(59-73)93(89-78(65-39-21-9-22-40-65)54-72(62-33-15-6-16-34-62)55-79(89)66-41-23-10-24-42-66)83-57-70(86-74-45-27-25-43-68(74)51-69-44-26-28-46-75(69)86)47-49-80(83)91(87)81-56-67(60-29-11-4-12-30-60)48-50-82(81)92(84)88-76(63-35-17-7-18-36-63)52-71(61-31-13-5-14-32-61)53-77(88)64-37-19-8-20-38-64/h4-59H,1-3H3. The van der Waals surface area contributed by atoms with E-state index in [0.717, 1.165) is 95.3 Å². The summed E-state index contributed by atoms with van der Waals surface area (Å²) in [6.45, 7) is 6.94. The van der Waals surface area contributed by atoms with Gasteiger partial charge in [-0.15, -0.1) is 0 Å². The molecule has 2 aliphatic rings. The van der Waals surface area contributed by atoms with Crippen molar-refractivity contribution in [3.8, 4) is 89.0 Å². The zero-order chi connectivity index (χ0) is 62.2. The summed E-state index contributed by atoms with van der Waals surface area (Å²) >= 11 is 0. The smallest absolute Gasteiger partial charge is 0.252 e. The Hall–Kier alpha value is -11.5. The number of anilines is 6. The van der Waals surface area contributed by atoms with Crippen molar-refractivity contribution in [3.63, 3.8) is 0 Å². The molecule has 0 unspecified atom stereocenters. The number of hydrogen-bond donors (Lipinski definition) is 0. The highest BCUT2D eigenvalue weighted by molar-refractivity contribution is 7.00. The van der Waals surface area contributed by atoms with Gasteiger partial charge in [-0.05, 0) is 170 Å². The van der Waals surface area contributed by atoms with Crippen molar-refractivity contribution >= 4 is 78.8 Å². The zero-order valence-electron chi connectivity index (χ0n) is 52.3. The molecule has 17 rings (SSSR count). The summed E-state index contributed by atoms with van der Waals surface area (Å²) in [5.74, 6) is 0. The largest absolute Gasteiger partial charge is 0.310 e. The molecule has 2 nitrogen and oxygen atoms in total. The van der Waals surface area contributed by atoms with Gasteiger partial charge in [-0.3, -0.25) is 0 Å². The fourth-order valence-corrected chi connectivity index (χ4v) is 14.9. The van der Waals surface area contributed by atoms with E-state index in [1.54, 1.807) is 0 Å². The Balaban J connectivity index is 1.06. The third kappa shape index (κ3) is 9.67. The van der Waals surface area contributed by atoms with Gasteiger partial charge in [0.05, 0.1) is 11.4 Å². The quantitative estimate of drug-likeness (QED) is 0.0995. The maximum absolute atomic E-state index is 2.72. The SMILES string of the molecule is CC(C)(C)c1cc2c3c(c1)N(c1c(-c4ccccc4)cc(-c4ccccc4)cc1-c1ccccc1)c1cc(-c4c5ccccc5cc5ccccc45)ccc1B3c1cc(-c3ccccc3)ccc1N2c1c(-c2ccccc2)cc(-c2ccccc2)cc1-c1ccccc1. The van der Waals surface area contributed by atoms with Crippen LogP contribution in [0.25, 0.3) is 111 Å². The maximum atomic E-state index is 2.72. The number of fused-ring (bicyclic) bond motifs is 6. The van der Waals surface area contributed by atoms with Crippen LogP contribution < -0.4 is 26.2 Å². The van der Waals surface area contributed by atoms with Crippen LogP contribution in [0.15, 0.2) is 340 Å². The van der Waals surface area contributed by atoms with E-state index in [-0.39, 0.29) is 12.1 Å². The molecule has 438 valence electrons. The van der Waals surface area contributed by atoms with Gasteiger partial charge in [-0.1, -0.05) is 306 Å². The number of benzene rings is 15. The van der Waals surface area contributed by atoms with Crippen LogP contribution >= 0.6 is 0 Å². The second kappa shape index (κ2) is 22.8. The molecule has 0 N–H and O–H groups in total. The third-order valence-corrected chi connectivity index (χ3v) is 19.3. The molecule has 0 atom stereocenters. The predicted octanol–water partition coefficient (Wildman–Crippen LogP) is 22.7. The Labute approximate surface area is 545 Å². The molecule has 2 heterocycles. The number of rotatable bonds is 10. The number of nitrogens with zero attached hydrogens (tertiary/aromatic N) is 2. The first-order valence-electron chi connectivity index (χ1n) is 32.5. The van der Waals surface area contributed by atoms with Crippen LogP contribution in [-0.2, 0) is 5.41 Å². The molecular weight excluding hydrogens is 1120 g/mol. The van der Waals surface area contributed by atoms with E-state index in [2.05, 4.69) is 370 Å². The van der Waals surface area contributed by atoms with Crippen LogP contribution in [0.3, 0.4) is 0 Å². The van der Waals surface area contributed by atoms with E-state index in [0.29, 0.717) is 0 Å². The van der Waals surface area contributed by atoms with Crippen molar-refractivity contribution in [1.29, 1.82) is 0 Å². The minimum Gasteiger partial charge on any atom is -0.310 e. The van der Waals surface area contributed by atoms with Crippen LogP contribution in [0, 0.1) is 0 Å². The van der Waals surface area contributed by atoms with Crippen LogP contribution in [-0.4, -0.2) is 6.71 Å². The van der Waals surface area contributed by atoms with Crippen LogP contribution in [0.5, 0.6) is 0 Å². The molecule has 0 bridgehead atoms. The third-order valence-electron chi connectivity index (χ3n) is 19.3. The molecule has 3 heteroatoms. The molecule has 0 aromatic heterocycles. The molecule has 0 aliphatic carbocycles. The summed E-state index contributed by atoms with van der Waals surface area (Å²) in [5, 5.41) is 4.89. The van der Waals surface area contributed by atoms with Gasteiger partial charge in [0.25, 0.3) is 6.71 Å². The minimum atomic E-state index is -0.302. The Morgan fingerprint density at radius 2 is 0.602 bits per heavy atom. The van der Waals surface area contributed by atoms with E-state index in [9.17, 15) is 0 Å². The molecule has 15 aromatic rings. The van der Waals surface area contributed by atoms with Gasteiger partial charge in [0.2, 0.25) is 0 Å². The zero-order valence-corrected chi connectivity index (χ0v) is 52.3. The lowest BCUT2D eigenvalue weighted by Gasteiger charge is -2.46. The lowest BCUT2D eigenvalue weighted by atomic mass is 9.33. The maximum Gasteiger partial charge on any atom is 0.252 e. The Bertz CT molecular complexity index is 5160. The highest BCUT2D eigenvalue weighted by Gasteiger charge is 2.46. The minimum absolute atomic E-state index is 0.212. The normalized spacial score (nSPS) is 12.4. The molecule has 0 fully saturated rings. The van der Waals surface area contributed by atoms with Crippen LogP contribution in [0.2, 0.25) is 0 Å². The van der Waals surface area contributed by atoms with Gasteiger partial charge in [0, 0.05) is 45.0 Å². The molecule has 93 heavy (non-hydrogen) atoms. The molecule has 15 aromatic carbocycles. The van der Waals surface area contributed by atoms with E-state index in [1.165, 1.54) is 71.3 Å². The molecule has 2 aliphatic heterocycles. The van der Waals surface area contributed by atoms with E-state index >= 15 is 0 Å². The second-order valence-electron chi connectivity index (χ2n) is 25.9. The van der Waals surface area contributed by atoms with Gasteiger partial charge in [-0.2, -0.15) is 0 Å². The van der Waals surface area contributed by atoms with E-state index < -0.39 is 0 Å². The lowest BCUT2D eigenvalue weighted by Crippen LogP contribution is -2.61. The first-order chi connectivity index (χ1) is 45.8. The summed E-state index contributed by atoms with van der Waals surface area (Å²) in [6.07, 6.45) is 0. The van der Waals surface area contributed by atoms with Gasteiger partial charge in [0.15, 0.2) is 0 Å². The first kappa shape index (κ1) is 55.5. The van der Waals surface area contributed by atoms with Crippen LogP contribution in [0.1, 0.15) is 26.3 Å². The van der Waals surface area contributed by atoms with E-state index in [4.69, 9.17) is 0 Å². The summed E-state index contributed by atoms with van der Waals surface area (Å²) in [4.78, 5) is 5.40. The molecule has 0 radical (unpaired) electrons. The molecule has 0 spiro atoms. The summed E-state index contributed by atoms with van der Waals surface area (Å²) in [7, 11) is 0. The van der Waals surface area contributed by atoms with Crippen LogP contribution in [0.4, 0.5) is 34.1 Å². The Kier molecular flexibility index (Phi) is 13.6. The van der Waals surface area contributed by atoms with E-state index in [1.807, 2.05) is 0 Å². The average Bonchev–Trinajstić information content (AvgIpc) is 0.689. The van der Waals surface area contributed by atoms with Crippen molar-refractivity contribution in [2.24, 2.45) is 0 Å². The number of hydrogen-bond acceptors (Lipinski definition) is 2. The van der Waals surface area contributed by atoms with Crippen molar-refractivity contribution in [2.75, 3.05) is 9.80 Å². The van der Waals surface area contributed by atoms with Gasteiger partial charge in [-0.25, -0.2) is 0 Å². The van der Waals surface area contributed by atoms with Gasteiger partial charge in [0.1, 0.15) is 0 Å². The van der Waals surface area contributed by atoms with Gasteiger partial charge >= 0.3 is 0 Å². The summed E-state index contributed by atoms with van der Waals surface area (Å²) < 4.78 is 0. The highest BCUT2D eigenvalue weighted by Crippen LogP contribution is 2.56. The molecular formula is C90H65BN2. The fourth-order valence-electron chi connectivity index (χ4n) is 14.9. The van der Waals surface area contributed by atoms with Crippen molar-refractivity contribution in [3.05, 3.63) is 345 Å². The average molecular weight is 1190 g/mol. The lowest BCUT2D eigenvalue weighted by molar-refractivity contribution is 0.590. The van der Waals surface area contributed by atoms with Crippen molar-refractivity contribution < 1.29 is 0 Å².